The van der Waals surface area contributed by atoms with Gasteiger partial charge in [0.25, 0.3) is 0 Å². The van der Waals surface area contributed by atoms with Gasteiger partial charge in [-0.3, -0.25) is 37.3 Å². The third kappa shape index (κ3) is 68.6. The molecule has 0 aromatic rings. The predicted octanol–water partition coefficient (Wildman–Crippen LogP) is 21.7. The second kappa shape index (κ2) is 64.4. The lowest BCUT2D eigenvalue weighted by molar-refractivity contribution is -0.161. The van der Waals surface area contributed by atoms with Crippen LogP contribution in [0.1, 0.15) is 376 Å². The monoisotopic (exact) mass is 1380 g/mol. The molecule has 0 aliphatic rings. The third-order valence-corrected chi connectivity index (χ3v) is 19.2. The van der Waals surface area contributed by atoms with Crippen molar-refractivity contribution in [3.63, 3.8) is 0 Å². The van der Waals surface area contributed by atoms with Crippen molar-refractivity contribution in [3.8, 4) is 0 Å². The summed E-state index contributed by atoms with van der Waals surface area (Å²) in [6, 6.07) is 0. The first kappa shape index (κ1) is 92.1. The Morgan fingerprint density at radius 1 is 0.266 bits per heavy atom. The Balaban J connectivity index is 5.20. The summed E-state index contributed by atoms with van der Waals surface area (Å²) in [6.45, 7) is 14.1. The standard InChI is InChI=1S/C75H146O17P2/c1-65(2)51-43-35-27-21-17-13-11-9-10-12-14-19-23-30-39-47-55-72(77)85-61-70(91-74(79)57-49-41-32-24-20-16-15-18-22-28-36-44-52-66(3)4)63-89-93(81,82)87-59-69(76)60-88-94(83,84)90-64-71(92-75(80)58-50-42-34-33-38-46-54-68(7)8)62-86-73(78)56-48-40-31-26-25-29-37-45-53-67(5)6/h65-71,76H,9-64H2,1-8H3,(H,81,82)(H,83,84)/t69?,70-,71-/m1/s1. The number of ether oxygens (including phenoxy) is 4. The Kier molecular flexibility index (Phi) is 63.1. The molecule has 0 bridgehead atoms. The molecule has 558 valence electrons. The molecular weight excluding hydrogens is 1230 g/mol. The quantitative estimate of drug-likeness (QED) is 0.0222. The van der Waals surface area contributed by atoms with Gasteiger partial charge in [0.15, 0.2) is 12.2 Å². The van der Waals surface area contributed by atoms with Crippen molar-refractivity contribution in [2.24, 2.45) is 23.7 Å². The molecule has 0 spiro atoms. The van der Waals surface area contributed by atoms with Crippen LogP contribution in [-0.4, -0.2) is 96.7 Å². The first-order valence-corrected chi connectivity index (χ1v) is 41.7. The first-order valence-electron chi connectivity index (χ1n) is 38.7. The zero-order valence-electron chi connectivity index (χ0n) is 61.6. The van der Waals surface area contributed by atoms with Crippen molar-refractivity contribution in [3.05, 3.63) is 0 Å². The minimum Gasteiger partial charge on any atom is -0.462 e. The highest BCUT2D eigenvalue weighted by Crippen LogP contribution is 2.45. The summed E-state index contributed by atoms with van der Waals surface area (Å²) in [5.41, 5.74) is 0. The summed E-state index contributed by atoms with van der Waals surface area (Å²) < 4.78 is 68.4. The maximum Gasteiger partial charge on any atom is 0.472 e. The maximum atomic E-state index is 13.1. The number of hydrogen-bond acceptors (Lipinski definition) is 15. The zero-order chi connectivity index (χ0) is 69.6. The van der Waals surface area contributed by atoms with Crippen LogP contribution in [0.3, 0.4) is 0 Å². The van der Waals surface area contributed by atoms with Gasteiger partial charge in [0.05, 0.1) is 26.4 Å². The van der Waals surface area contributed by atoms with Crippen molar-refractivity contribution < 1.29 is 80.2 Å². The summed E-state index contributed by atoms with van der Waals surface area (Å²) in [4.78, 5) is 72.7. The number of aliphatic hydroxyl groups excluding tert-OH is 1. The molecule has 0 aliphatic carbocycles. The van der Waals surface area contributed by atoms with E-state index in [2.05, 4.69) is 55.4 Å². The van der Waals surface area contributed by atoms with E-state index < -0.39 is 97.5 Å². The molecule has 0 aromatic heterocycles. The normalized spacial score (nSPS) is 14.2. The van der Waals surface area contributed by atoms with E-state index in [0.717, 1.165) is 108 Å². The van der Waals surface area contributed by atoms with E-state index in [-0.39, 0.29) is 25.7 Å². The van der Waals surface area contributed by atoms with Crippen molar-refractivity contribution in [2.75, 3.05) is 39.6 Å². The second-order valence-electron chi connectivity index (χ2n) is 28.9. The van der Waals surface area contributed by atoms with Crippen LogP contribution in [0.2, 0.25) is 0 Å². The number of carbonyl (C=O) groups excluding carboxylic acids is 4. The molecule has 5 atom stereocenters. The average Bonchev–Trinajstić information content (AvgIpc) is 1.22. The number of phosphoric acid groups is 2. The van der Waals surface area contributed by atoms with E-state index in [0.29, 0.717) is 31.6 Å². The van der Waals surface area contributed by atoms with Gasteiger partial charge in [0, 0.05) is 25.7 Å². The molecule has 94 heavy (non-hydrogen) atoms. The van der Waals surface area contributed by atoms with Crippen LogP contribution in [0.25, 0.3) is 0 Å². The molecule has 0 aromatic carbocycles. The van der Waals surface area contributed by atoms with E-state index in [9.17, 15) is 43.2 Å². The molecule has 0 amide bonds. The summed E-state index contributed by atoms with van der Waals surface area (Å²) in [7, 11) is -9.91. The van der Waals surface area contributed by atoms with Gasteiger partial charge in [-0.1, -0.05) is 325 Å². The van der Waals surface area contributed by atoms with Crippen LogP contribution in [-0.2, 0) is 65.4 Å². The van der Waals surface area contributed by atoms with Gasteiger partial charge in [-0.2, -0.15) is 0 Å². The van der Waals surface area contributed by atoms with E-state index in [1.165, 1.54) is 180 Å². The Labute approximate surface area is 575 Å². The number of phosphoric ester groups is 2. The smallest absolute Gasteiger partial charge is 0.462 e. The highest BCUT2D eigenvalue weighted by Gasteiger charge is 2.30. The lowest BCUT2D eigenvalue weighted by Crippen LogP contribution is -2.30. The minimum atomic E-state index is -4.96. The number of unbranched alkanes of at least 4 members (excludes halogenated alkanes) is 38. The topological polar surface area (TPSA) is 237 Å². The molecule has 19 heteroatoms. The Morgan fingerprint density at radius 3 is 0.660 bits per heavy atom. The third-order valence-electron chi connectivity index (χ3n) is 17.3. The van der Waals surface area contributed by atoms with Gasteiger partial charge in [-0.15, -0.1) is 0 Å². The predicted molar refractivity (Wildman–Crippen MR) is 381 cm³/mol. The lowest BCUT2D eigenvalue weighted by Gasteiger charge is -2.21. The Hall–Kier alpha value is -1.94. The van der Waals surface area contributed by atoms with E-state index >= 15 is 0 Å². The molecule has 0 rings (SSSR count). The number of aliphatic hydroxyl groups is 1. The molecule has 0 heterocycles. The fourth-order valence-electron chi connectivity index (χ4n) is 11.4. The van der Waals surface area contributed by atoms with Gasteiger partial charge in [0.2, 0.25) is 0 Å². The fourth-order valence-corrected chi connectivity index (χ4v) is 13.0. The maximum absolute atomic E-state index is 13.1. The molecule has 0 aliphatic heterocycles. The molecular formula is C75H146O17P2. The Bertz CT molecular complexity index is 1850. The summed E-state index contributed by atoms with van der Waals surface area (Å²) in [6.07, 6.45) is 48.9. The zero-order valence-corrected chi connectivity index (χ0v) is 63.4. The summed E-state index contributed by atoms with van der Waals surface area (Å²) in [5.74, 6) is 0.858. The molecule has 0 saturated heterocycles. The molecule has 17 nitrogen and oxygen atoms in total. The summed E-state index contributed by atoms with van der Waals surface area (Å²) >= 11 is 0. The van der Waals surface area contributed by atoms with E-state index in [4.69, 9.17) is 37.0 Å². The number of esters is 4. The molecule has 3 N–H and O–H groups in total. The van der Waals surface area contributed by atoms with Crippen molar-refractivity contribution in [2.45, 2.75) is 395 Å². The van der Waals surface area contributed by atoms with E-state index in [1.807, 2.05) is 0 Å². The van der Waals surface area contributed by atoms with Crippen molar-refractivity contribution in [1.82, 2.24) is 0 Å². The number of hydrogen-bond donors (Lipinski definition) is 3. The van der Waals surface area contributed by atoms with Crippen molar-refractivity contribution >= 4 is 39.5 Å². The molecule has 0 saturated carbocycles. The highest BCUT2D eigenvalue weighted by atomic mass is 31.2. The summed E-state index contributed by atoms with van der Waals surface area (Å²) in [5, 5.41) is 10.6. The minimum absolute atomic E-state index is 0.101. The van der Waals surface area contributed by atoms with E-state index in [1.54, 1.807) is 0 Å². The van der Waals surface area contributed by atoms with Crippen LogP contribution in [0.4, 0.5) is 0 Å². The van der Waals surface area contributed by atoms with Crippen LogP contribution in [0, 0.1) is 23.7 Å². The molecule has 3 unspecified atom stereocenters. The Morgan fingerprint density at radius 2 is 0.447 bits per heavy atom. The number of rotatable bonds is 72. The SMILES string of the molecule is CC(C)CCCCCCCCCCCCCCCCCCC(=O)OC[C@H](COP(=O)(O)OCC(O)COP(=O)(O)OC[C@@H](COC(=O)CCCCCCCCCCC(C)C)OC(=O)CCCCCCCCC(C)C)OC(=O)CCCCCCCCCCCCCCC(C)C. The molecule has 0 fully saturated rings. The fraction of sp³-hybridized carbons (Fsp3) is 0.947. The van der Waals surface area contributed by atoms with Gasteiger partial charge in [-0.25, -0.2) is 9.13 Å². The van der Waals surface area contributed by atoms with Crippen molar-refractivity contribution in [1.29, 1.82) is 0 Å². The van der Waals surface area contributed by atoms with Gasteiger partial charge in [-0.05, 0) is 49.4 Å². The van der Waals surface area contributed by atoms with Crippen LogP contribution >= 0.6 is 15.6 Å². The average molecular weight is 1380 g/mol. The van der Waals surface area contributed by atoms with Crippen LogP contribution in [0.5, 0.6) is 0 Å². The highest BCUT2D eigenvalue weighted by molar-refractivity contribution is 7.47. The van der Waals surface area contributed by atoms with Gasteiger partial charge in [0.1, 0.15) is 19.3 Å². The van der Waals surface area contributed by atoms with Crippen LogP contribution < -0.4 is 0 Å². The number of carbonyl (C=O) groups is 4. The van der Waals surface area contributed by atoms with Gasteiger partial charge < -0.3 is 33.8 Å². The first-order chi connectivity index (χ1) is 45.1. The van der Waals surface area contributed by atoms with Gasteiger partial charge >= 0.3 is 39.5 Å². The lowest BCUT2D eigenvalue weighted by atomic mass is 10.0. The second-order valence-corrected chi connectivity index (χ2v) is 31.9. The molecule has 0 radical (unpaired) electrons. The largest absolute Gasteiger partial charge is 0.472 e. The van der Waals surface area contributed by atoms with Crippen LogP contribution in [0.15, 0.2) is 0 Å².